The standard InChI is InChI=1S/C23H21FN2O4S2/c1-2-30-18-6-4-3-5-17(18)22-25(20(27)14-31-22)11-12-26-21(28)19(32-23(26)29)13-15-7-9-16(24)10-8-15/h3-10,13,22H,2,11-12,14H2,1H3/b19-13+. The Bertz CT molecular complexity index is 1070. The molecule has 166 valence electrons. The summed E-state index contributed by atoms with van der Waals surface area (Å²) in [5.41, 5.74) is 1.53. The van der Waals surface area contributed by atoms with Gasteiger partial charge in [-0.1, -0.05) is 30.3 Å². The van der Waals surface area contributed by atoms with E-state index in [2.05, 4.69) is 0 Å². The summed E-state index contributed by atoms with van der Waals surface area (Å²) in [6, 6.07) is 13.3. The van der Waals surface area contributed by atoms with Gasteiger partial charge in [-0.15, -0.1) is 11.8 Å². The highest BCUT2D eigenvalue weighted by Gasteiger charge is 2.38. The van der Waals surface area contributed by atoms with Crippen LogP contribution in [-0.4, -0.2) is 52.3 Å². The molecule has 2 aliphatic heterocycles. The third kappa shape index (κ3) is 4.68. The topological polar surface area (TPSA) is 66.9 Å². The van der Waals surface area contributed by atoms with Crippen LogP contribution in [0.15, 0.2) is 53.4 Å². The molecule has 1 atom stereocenters. The summed E-state index contributed by atoms with van der Waals surface area (Å²) < 4.78 is 18.8. The number of hydrogen-bond donors (Lipinski definition) is 0. The fraction of sp³-hybridized carbons (Fsp3) is 0.261. The number of thioether (sulfide) groups is 2. The summed E-state index contributed by atoms with van der Waals surface area (Å²) in [6.45, 7) is 2.75. The van der Waals surface area contributed by atoms with Crippen molar-refractivity contribution in [1.82, 2.24) is 9.80 Å². The Kier molecular flexibility index (Phi) is 6.86. The molecule has 6 nitrogen and oxygen atoms in total. The van der Waals surface area contributed by atoms with Gasteiger partial charge in [0.25, 0.3) is 11.1 Å². The summed E-state index contributed by atoms with van der Waals surface area (Å²) in [7, 11) is 0. The van der Waals surface area contributed by atoms with Crippen molar-refractivity contribution in [1.29, 1.82) is 0 Å². The molecule has 2 saturated heterocycles. The molecule has 2 aliphatic rings. The maximum absolute atomic E-state index is 13.1. The molecule has 32 heavy (non-hydrogen) atoms. The molecule has 0 spiro atoms. The Morgan fingerprint density at radius 2 is 1.84 bits per heavy atom. The lowest BCUT2D eigenvalue weighted by Crippen LogP contribution is -2.39. The summed E-state index contributed by atoms with van der Waals surface area (Å²) in [4.78, 5) is 40.9. The minimum Gasteiger partial charge on any atom is -0.493 e. The third-order valence-corrected chi connectivity index (χ3v) is 7.20. The summed E-state index contributed by atoms with van der Waals surface area (Å²) >= 11 is 2.35. The van der Waals surface area contributed by atoms with Gasteiger partial charge in [-0.25, -0.2) is 4.39 Å². The first kappa shape index (κ1) is 22.4. The van der Waals surface area contributed by atoms with Gasteiger partial charge in [0.1, 0.15) is 16.9 Å². The lowest BCUT2D eigenvalue weighted by Gasteiger charge is -2.27. The number of amides is 3. The summed E-state index contributed by atoms with van der Waals surface area (Å²) in [5.74, 6) is 0.233. The number of imide groups is 1. The van der Waals surface area contributed by atoms with E-state index in [9.17, 15) is 18.8 Å². The van der Waals surface area contributed by atoms with E-state index in [1.165, 1.54) is 23.9 Å². The van der Waals surface area contributed by atoms with Crippen LogP contribution in [0.25, 0.3) is 6.08 Å². The van der Waals surface area contributed by atoms with Crippen LogP contribution in [0.1, 0.15) is 23.4 Å². The van der Waals surface area contributed by atoms with Gasteiger partial charge in [0, 0.05) is 18.7 Å². The fourth-order valence-electron chi connectivity index (χ4n) is 3.54. The first-order valence-corrected chi connectivity index (χ1v) is 12.0. The summed E-state index contributed by atoms with van der Waals surface area (Å²) in [6.07, 6.45) is 1.57. The van der Waals surface area contributed by atoms with Gasteiger partial charge in [-0.05, 0) is 48.5 Å². The number of hydrogen-bond acceptors (Lipinski definition) is 6. The van der Waals surface area contributed by atoms with Gasteiger partial charge >= 0.3 is 0 Å². The molecular weight excluding hydrogens is 451 g/mol. The molecule has 0 bridgehead atoms. The van der Waals surface area contributed by atoms with E-state index in [4.69, 9.17) is 4.74 Å². The number of carbonyl (C=O) groups is 3. The molecule has 0 aliphatic carbocycles. The number of para-hydroxylation sites is 1. The quantitative estimate of drug-likeness (QED) is 0.552. The van der Waals surface area contributed by atoms with E-state index in [1.807, 2.05) is 31.2 Å². The van der Waals surface area contributed by atoms with E-state index >= 15 is 0 Å². The SMILES string of the molecule is CCOc1ccccc1C1SCC(=O)N1CCN1C(=O)S/C(=C/c2ccc(F)cc2)C1=O. The van der Waals surface area contributed by atoms with Crippen LogP contribution in [0.4, 0.5) is 9.18 Å². The average Bonchev–Trinajstić information content (AvgIpc) is 3.27. The van der Waals surface area contributed by atoms with Crippen molar-refractivity contribution < 1.29 is 23.5 Å². The molecule has 4 rings (SSSR count). The molecule has 0 N–H and O–H groups in total. The van der Waals surface area contributed by atoms with Gasteiger partial charge in [-0.3, -0.25) is 19.3 Å². The van der Waals surface area contributed by atoms with Crippen LogP contribution >= 0.6 is 23.5 Å². The van der Waals surface area contributed by atoms with Crippen LogP contribution in [0.2, 0.25) is 0 Å². The number of benzene rings is 2. The molecule has 3 amide bonds. The first-order valence-electron chi connectivity index (χ1n) is 10.1. The normalized spacial score (nSPS) is 20.0. The van der Waals surface area contributed by atoms with Crippen molar-refractivity contribution in [3.05, 3.63) is 70.4 Å². The molecule has 0 aromatic heterocycles. The average molecular weight is 473 g/mol. The molecule has 2 heterocycles. The number of nitrogens with zero attached hydrogens (tertiary/aromatic N) is 2. The highest BCUT2D eigenvalue weighted by Crippen LogP contribution is 2.42. The third-order valence-electron chi connectivity index (χ3n) is 5.06. The van der Waals surface area contributed by atoms with Crippen LogP contribution < -0.4 is 4.74 Å². The maximum Gasteiger partial charge on any atom is 0.293 e. The second-order valence-corrected chi connectivity index (χ2v) is 9.17. The van der Waals surface area contributed by atoms with Crippen molar-refractivity contribution in [3.63, 3.8) is 0 Å². The maximum atomic E-state index is 13.1. The molecule has 9 heteroatoms. The Hall–Kier alpha value is -2.78. The zero-order chi connectivity index (χ0) is 22.7. The second kappa shape index (κ2) is 9.79. The van der Waals surface area contributed by atoms with Crippen molar-refractivity contribution in [2.45, 2.75) is 12.3 Å². The van der Waals surface area contributed by atoms with Crippen molar-refractivity contribution in [2.24, 2.45) is 0 Å². The van der Waals surface area contributed by atoms with E-state index in [1.54, 1.807) is 23.1 Å². The monoisotopic (exact) mass is 472 g/mol. The number of halogens is 1. The fourth-order valence-corrected chi connectivity index (χ4v) is 5.64. The lowest BCUT2D eigenvalue weighted by molar-refractivity contribution is -0.129. The molecule has 0 saturated carbocycles. The molecule has 2 aromatic carbocycles. The van der Waals surface area contributed by atoms with Gasteiger partial charge in [0.05, 0.1) is 17.3 Å². The van der Waals surface area contributed by atoms with Crippen LogP contribution in [0, 0.1) is 5.82 Å². The first-order chi connectivity index (χ1) is 15.5. The molecule has 2 aromatic rings. The van der Waals surface area contributed by atoms with Crippen LogP contribution in [0.5, 0.6) is 5.75 Å². The van der Waals surface area contributed by atoms with E-state index in [0.717, 1.165) is 28.0 Å². The Morgan fingerprint density at radius 1 is 1.09 bits per heavy atom. The van der Waals surface area contributed by atoms with E-state index in [-0.39, 0.29) is 40.3 Å². The predicted octanol–water partition coefficient (Wildman–Crippen LogP) is 4.53. The van der Waals surface area contributed by atoms with Crippen LogP contribution in [-0.2, 0) is 9.59 Å². The van der Waals surface area contributed by atoms with Crippen molar-refractivity contribution in [3.8, 4) is 5.75 Å². The Balaban J connectivity index is 1.47. The number of rotatable bonds is 7. The minimum atomic E-state index is -0.408. The molecular formula is C23H21FN2O4S2. The zero-order valence-electron chi connectivity index (χ0n) is 17.3. The largest absolute Gasteiger partial charge is 0.493 e. The molecule has 2 fully saturated rings. The Morgan fingerprint density at radius 3 is 2.59 bits per heavy atom. The predicted molar refractivity (Wildman–Crippen MR) is 124 cm³/mol. The highest BCUT2D eigenvalue weighted by molar-refractivity contribution is 8.18. The van der Waals surface area contributed by atoms with Gasteiger partial charge in [0.2, 0.25) is 5.91 Å². The van der Waals surface area contributed by atoms with E-state index < -0.39 is 5.91 Å². The summed E-state index contributed by atoms with van der Waals surface area (Å²) in [5, 5.41) is -0.617. The number of ether oxygens (including phenoxy) is 1. The van der Waals surface area contributed by atoms with Gasteiger partial charge < -0.3 is 9.64 Å². The highest BCUT2D eigenvalue weighted by atomic mass is 32.2. The van der Waals surface area contributed by atoms with Gasteiger partial charge in [-0.2, -0.15) is 0 Å². The van der Waals surface area contributed by atoms with Crippen molar-refractivity contribution in [2.75, 3.05) is 25.4 Å². The zero-order valence-corrected chi connectivity index (χ0v) is 19.0. The van der Waals surface area contributed by atoms with Crippen LogP contribution in [0.3, 0.4) is 0 Å². The van der Waals surface area contributed by atoms with Crippen molar-refractivity contribution >= 4 is 46.7 Å². The molecule has 1 unspecified atom stereocenters. The number of carbonyl (C=O) groups excluding carboxylic acids is 3. The lowest BCUT2D eigenvalue weighted by atomic mass is 10.1. The Labute approximate surface area is 193 Å². The van der Waals surface area contributed by atoms with E-state index in [0.29, 0.717) is 17.9 Å². The second-order valence-electron chi connectivity index (χ2n) is 7.11. The smallest absolute Gasteiger partial charge is 0.293 e. The minimum absolute atomic E-state index is 0.0415. The molecule has 0 radical (unpaired) electrons. The van der Waals surface area contributed by atoms with Gasteiger partial charge in [0.15, 0.2) is 0 Å².